The Balaban J connectivity index is 0.000000390. The maximum absolute atomic E-state index is 10.6. The predicted molar refractivity (Wildman–Crippen MR) is 69.5 cm³/mol. The molecule has 14 heteroatoms. The van der Waals surface area contributed by atoms with Crippen LogP contribution in [-0.4, -0.2) is 55.0 Å². The van der Waals surface area contributed by atoms with Crippen molar-refractivity contribution in [3.05, 3.63) is 36.3 Å². The SMILES string of the molecule is O=C(O)C(F)(F)F.O=C(O)C(F)(F)F.O=C(O)c1cn2ccccc2n1. The first kappa shape index (κ1) is 22.7. The minimum absolute atomic E-state index is 0.0706. The van der Waals surface area contributed by atoms with E-state index in [-0.39, 0.29) is 5.69 Å². The second-order valence-electron chi connectivity index (χ2n) is 4.00. The Labute approximate surface area is 138 Å². The van der Waals surface area contributed by atoms with Crippen molar-refractivity contribution in [3.63, 3.8) is 0 Å². The zero-order chi connectivity index (χ0) is 20.7. The van der Waals surface area contributed by atoms with Crippen molar-refractivity contribution in [2.75, 3.05) is 0 Å². The third-order valence-corrected chi connectivity index (χ3v) is 2.07. The summed E-state index contributed by atoms with van der Waals surface area (Å²) in [7, 11) is 0. The zero-order valence-corrected chi connectivity index (χ0v) is 12.1. The molecule has 0 atom stereocenters. The third kappa shape index (κ3) is 7.98. The van der Waals surface area contributed by atoms with Crippen LogP contribution >= 0.6 is 0 Å². The molecule has 8 nitrogen and oxygen atoms in total. The first-order chi connectivity index (χ1) is 11.7. The lowest BCUT2D eigenvalue weighted by Crippen LogP contribution is -2.21. The van der Waals surface area contributed by atoms with E-state index in [1.54, 1.807) is 16.7 Å². The average molecular weight is 390 g/mol. The van der Waals surface area contributed by atoms with E-state index in [9.17, 15) is 31.1 Å². The van der Waals surface area contributed by atoms with Gasteiger partial charge < -0.3 is 19.7 Å². The summed E-state index contributed by atoms with van der Waals surface area (Å²) in [4.78, 5) is 32.2. The van der Waals surface area contributed by atoms with Gasteiger partial charge in [-0.15, -0.1) is 0 Å². The van der Waals surface area contributed by atoms with Crippen LogP contribution in [0.3, 0.4) is 0 Å². The maximum atomic E-state index is 10.6. The normalized spacial score (nSPS) is 10.8. The Morgan fingerprint density at radius 3 is 1.62 bits per heavy atom. The molecule has 0 unspecified atom stereocenters. The fraction of sp³-hybridized carbons (Fsp3) is 0.167. The number of alkyl halides is 6. The van der Waals surface area contributed by atoms with Crippen LogP contribution in [0.4, 0.5) is 26.3 Å². The van der Waals surface area contributed by atoms with Crippen molar-refractivity contribution < 1.29 is 56.0 Å². The second-order valence-corrected chi connectivity index (χ2v) is 4.00. The van der Waals surface area contributed by atoms with Crippen LogP contribution in [0.2, 0.25) is 0 Å². The highest BCUT2D eigenvalue weighted by molar-refractivity contribution is 5.86. The van der Waals surface area contributed by atoms with Gasteiger partial charge in [0.25, 0.3) is 0 Å². The molecule has 0 aliphatic rings. The number of rotatable bonds is 1. The van der Waals surface area contributed by atoms with Crippen molar-refractivity contribution >= 4 is 23.6 Å². The Morgan fingerprint density at radius 2 is 1.31 bits per heavy atom. The molecule has 0 spiro atoms. The Hall–Kier alpha value is -3.32. The van der Waals surface area contributed by atoms with E-state index in [1.807, 2.05) is 12.1 Å². The van der Waals surface area contributed by atoms with Gasteiger partial charge in [-0.05, 0) is 12.1 Å². The van der Waals surface area contributed by atoms with Crippen molar-refractivity contribution in [2.24, 2.45) is 0 Å². The lowest BCUT2D eigenvalue weighted by atomic mass is 10.5. The molecular weight excluding hydrogens is 382 g/mol. The molecule has 144 valence electrons. The van der Waals surface area contributed by atoms with Gasteiger partial charge in [0.2, 0.25) is 0 Å². The van der Waals surface area contributed by atoms with Gasteiger partial charge in [0.15, 0.2) is 5.69 Å². The van der Waals surface area contributed by atoms with Gasteiger partial charge in [-0.3, -0.25) is 0 Å². The summed E-state index contributed by atoms with van der Waals surface area (Å²) in [6.45, 7) is 0. The topological polar surface area (TPSA) is 129 Å². The first-order valence-corrected chi connectivity index (χ1v) is 5.93. The first-order valence-electron chi connectivity index (χ1n) is 5.93. The Bertz CT molecular complexity index is 725. The third-order valence-electron chi connectivity index (χ3n) is 2.07. The molecule has 0 bridgehead atoms. The highest BCUT2D eigenvalue weighted by Gasteiger charge is 2.38. The van der Waals surface area contributed by atoms with E-state index >= 15 is 0 Å². The second kappa shape index (κ2) is 8.68. The smallest absolute Gasteiger partial charge is 0.476 e. The average Bonchev–Trinajstić information content (AvgIpc) is 2.90. The number of aromatic nitrogens is 2. The Kier molecular flexibility index (Phi) is 7.57. The minimum Gasteiger partial charge on any atom is -0.476 e. The van der Waals surface area contributed by atoms with Gasteiger partial charge in [-0.25, -0.2) is 19.4 Å². The maximum Gasteiger partial charge on any atom is 0.490 e. The number of carbonyl (C=O) groups is 3. The highest BCUT2D eigenvalue weighted by atomic mass is 19.4. The summed E-state index contributed by atoms with van der Waals surface area (Å²) in [6, 6.07) is 5.39. The standard InChI is InChI=1S/C8H6N2O2.2C2HF3O2/c11-8(12)6-5-10-4-2-1-3-7(10)9-6;2*3-2(4,5)1(6)7/h1-5H,(H,11,12);2*(H,6,7). The number of imidazole rings is 1. The molecule has 3 N–H and O–H groups in total. The van der Waals surface area contributed by atoms with E-state index in [1.165, 1.54) is 6.20 Å². The fourth-order valence-corrected chi connectivity index (χ4v) is 1.04. The molecule has 26 heavy (non-hydrogen) atoms. The fourth-order valence-electron chi connectivity index (χ4n) is 1.04. The molecule has 0 amide bonds. The molecule has 0 aromatic carbocycles. The highest BCUT2D eigenvalue weighted by Crippen LogP contribution is 2.13. The van der Waals surface area contributed by atoms with Crippen LogP contribution in [-0.2, 0) is 9.59 Å². The van der Waals surface area contributed by atoms with Crippen LogP contribution in [0.5, 0.6) is 0 Å². The monoisotopic (exact) mass is 390 g/mol. The molecule has 0 radical (unpaired) electrons. The van der Waals surface area contributed by atoms with E-state index in [0.717, 1.165) is 0 Å². The van der Waals surface area contributed by atoms with Crippen LogP contribution in [0.25, 0.3) is 5.65 Å². The van der Waals surface area contributed by atoms with E-state index in [0.29, 0.717) is 5.65 Å². The molecule has 2 aromatic rings. The number of pyridine rings is 1. The number of fused-ring (bicyclic) bond motifs is 1. The van der Waals surface area contributed by atoms with Gasteiger partial charge in [0, 0.05) is 12.4 Å². The van der Waals surface area contributed by atoms with Gasteiger partial charge in [-0.1, -0.05) is 6.07 Å². The number of carboxylic acids is 3. The molecule has 0 saturated carbocycles. The quantitative estimate of drug-likeness (QED) is 0.637. The molecule has 0 fully saturated rings. The van der Waals surface area contributed by atoms with Crippen LogP contribution in [0.1, 0.15) is 10.5 Å². The van der Waals surface area contributed by atoms with Crippen molar-refractivity contribution in [1.29, 1.82) is 0 Å². The Morgan fingerprint density at radius 1 is 0.885 bits per heavy atom. The predicted octanol–water partition coefficient (Wildman–Crippen LogP) is 2.30. The number of nitrogens with zero attached hydrogens (tertiary/aromatic N) is 2. The largest absolute Gasteiger partial charge is 0.490 e. The summed E-state index contributed by atoms with van der Waals surface area (Å²) >= 11 is 0. The summed E-state index contributed by atoms with van der Waals surface area (Å²) in [5.41, 5.74) is 0.719. The number of hydrogen-bond acceptors (Lipinski definition) is 4. The minimum atomic E-state index is -5.08. The summed E-state index contributed by atoms with van der Waals surface area (Å²) in [5, 5.41) is 22.9. The van der Waals surface area contributed by atoms with Crippen LogP contribution in [0, 0.1) is 0 Å². The molecular formula is C12H8F6N2O6. The molecule has 2 rings (SSSR count). The molecule has 0 aliphatic carbocycles. The van der Waals surface area contributed by atoms with E-state index in [4.69, 9.17) is 24.9 Å². The summed E-state index contributed by atoms with van der Waals surface area (Å²) in [5.74, 6) is -6.52. The molecule has 0 aliphatic heterocycles. The lowest BCUT2D eigenvalue weighted by Gasteiger charge is -1.93. The van der Waals surface area contributed by atoms with E-state index < -0.39 is 30.3 Å². The van der Waals surface area contributed by atoms with Gasteiger partial charge in [0.05, 0.1) is 0 Å². The number of aliphatic carboxylic acids is 2. The van der Waals surface area contributed by atoms with Crippen LogP contribution in [0.15, 0.2) is 30.6 Å². The van der Waals surface area contributed by atoms with Gasteiger partial charge in [0.1, 0.15) is 5.65 Å². The molecule has 0 saturated heterocycles. The summed E-state index contributed by atoms with van der Waals surface area (Å²) in [6.07, 6.45) is -6.92. The molecule has 2 aromatic heterocycles. The van der Waals surface area contributed by atoms with Gasteiger partial charge >= 0.3 is 30.3 Å². The molecule has 2 heterocycles. The number of halogens is 6. The lowest BCUT2D eigenvalue weighted by molar-refractivity contribution is -0.193. The van der Waals surface area contributed by atoms with E-state index in [2.05, 4.69) is 4.98 Å². The number of carboxylic acid groups (broad SMARTS) is 3. The van der Waals surface area contributed by atoms with Crippen molar-refractivity contribution in [2.45, 2.75) is 12.4 Å². The number of aromatic carboxylic acids is 1. The zero-order valence-electron chi connectivity index (χ0n) is 12.1. The van der Waals surface area contributed by atoms with Gasteiger partial charge in [-0.2, -0.15) is 26.3 Å². The van der Waals surface area contributed by atoms with Crippen molar-refractivity contribution in [3.8, 4) is 0 Å². The van der Waals surface area contributed by atoms with Crippen molar-refractivity contribution in [1.82, 2.24) is 9.38 Å². The number of hydrogen-bond donors (Lipinski definition) is 3. The summed E-state index contributed by atoms with van der Waals surface area (Å²) < 4.78 is 65.1. The van der Waals surface area contributed by atoms with Crippen LogP contribution < -0.4 is 0 Å².